The highest BCUT2D eigenvalue weighted by Gasteiger charge is 2.21. The lowest BCUT2D eigenvalue weighted by atomic mass is 10.1. The fraction of sp³-hybridized carbons (Fsp3) is 0.818. The first kappa shape index (κ1) is 12.0. The molecule has 6 nitrogen and oxygen atoms in total. The van der Waals surface area contributed by atoms with Gasteiger partial charge in [0, 0.05) is 13.1 Å². The lowest BCUT2D eigenvalue weighted by Crippen LogP contribution is -2.38. The van der Waals surface area contributed by atoms with E-state index >= 15 is 0 Å². The average molecular weight is 237 g/mol. The summed E-state index contributed by atoms with van der Waals surface area (Å²) in [5.74, 6) is 0.0872. The van der Waals surface area contributed by atoms with Gasteiger partial charge in [-0.2, -0.15) is 0 Å². The van der Waals surface area contributed by atoms with Crippen LogP contribution in [-0.2, 0) is 11.3 Å². The van der Waals surface area contributed by atoms with Crippen LogP contribution in [0.25, 0.3) is 0 Å². The molecule has 0 bridgehead atoms. The van der Waals surface area contributed by atoms with Gasteiger partial charge in [0.15, 0.2) is 0 Å². The predicted molar refractivity (Wildman–Crippen MR) is 62.1 cm³/mol. The number of aromatic nitrogens is 4. The first-order chi connectivity index (χ1) is 8.27. The summed E-state index contributed by atoms with van der Waals surface area (Å²) in [6.45, 7) is 0.236. The van der Waals surface area contributed by atoms with Crippen molar-refractivity contribution in [3.63, 3.8) is 0 Å². The van der Waals surface area contributed by atoms with E-state index in [1.807, 2.05) is 11.9 Å². The lowest BCUT2D eigenvalue weighted by Gasteiger charge is -2.27. The predicted octanol–water partition coefficient (Wildman–Crippen LogP) is 0.854. The average Bonchev–Trinajstić information content (AvgIpc) is 2.68. The second-order valence-electron chi connectivity index (χ2n) is 4.66. The normalized spacial score (nSPS) is 17.7. The van der Waals surface area contributed by atoms with Crippen LogP contribution in [-0.4, -0.2) is 44.1 Å². The molecule has 0 spiro atoms. The van der Waals surface area contributed by atoms with Crippen LogP contribution in [0.2, 0.25) is 0 Å². The van der Waals surface area contributed by atoms with Gasteiger partial charge in [-0.1, -0.05) is 25.7 Å². The molecule has 1 saturated carbocycles. The molecular formula is C11H19N5O. The van der Waals surface area contributed by atoms with Crippen LogP contribution in [0.3, 0.4) is 0 Å². The Labute approximate surface area is 101 Å². The van der Waals surface area contributed by atoms with Crippen molar-refractivity contribution in [2.75, 3.05) is 7.05 Å². The molecule has 1 aliphatic rings. The highest BCUT2D eigenvalue weighted by molar-refractivity contribution is 5.75. The van der Waals surface area contributed by atoms with Gasteiger partial charge in [-0.25, -0.2) is 4.68 Å². The number of hydrogen-bond acceptors (Lipinski definition) is 4. The van der Waals surface area contributed by atoms with E-state index < -0.39 is 0 Å². The van der Waals surface area contributed by atoms with E-state index in [2.05, 4.69) is 15.5 Å². The Hall–Kier alpha value is -1.46. The largest absolute Gasteiger partial charge is 0.341 e. The molecule has 0 unspecified atom stereocenters. The molecule has 0 radical (unpaired) electrons. The monoisotopic (exact) mass is 237 g/mol. The quantitative estimate of drug-likeness (QED) is 0.731. The van der Waals surface area contributed by atoms with Gasteiger partial charge in [0.1, 0.15) is 12.9 Å². The first-order valence-corrected chi connectivity index (χ1v) is 6.24. The first-order valence-electron chi connectivity index (χ1n) is 6.24. The number of rotatable bonds is 3. The number of tetrazole rings is 1. The fourth-order valence-electron chi connectivity index (χ4n) is 2.35. The Morgan fingerprint density at radius 2 is 2.06 bits per heavy atom. The van der Waals surface area contributed by atoms with Crippen LogP contribution in [0, 0.1) is 0 Å². The maximum Gasteiger partial charge on any atom is 0.244 e. The van der Waals surface area contributed by atoms with E-state index in [1.54, 1.807) is 0 Å². The topological polar surface area (TPSA) is 63.9 Å². The molecule has 6 heteroatoms. The molecule has 1 aromatic rings. The molecule has 0 atom stereocenters. The minimum Gasteiger partial charge on any atom is -0.341 e. The lowest BCUT2D eigenvalue weighted by molar-refractivity contribution is -0.133. The van der Waals surface area contributed by atoms with Crippen molar-refractivity contribution in [1.29, 1.82) is 0 Å². The maximum absolute atomic E-state index is 12.0. The third kappa shape index (κ3) is 3.25. The second-order valence-corrected chi connectivity index (χ2v) is 4.66. The van der Waals surface area contributed by atoms with Gasteiger partial charge in [-0.05, 0) is 23.3 Å². The summed E-state index contributed by atoms with van der Waals surface area (Å²) in [4.78, 5) is 13.9. The van der Waals surface area contributed by atoms with E-state index in [4.69, 9.17) is 0 Å². The summed E-state index contributed by atoms with van der Waals surface area (Å²) in [5, 5.41) is 10.8. The maximum atomic E-state index is 12.0. The SMILES string of the molecule is CN(C(=O)Cn1cnnn1)C1CCCCCC1. The number of hydrogen-bond donors (Lipinski definition) is 0. The second kappa shape index (κ2) is 5.75. The molecule has 1 heterocycles. The van der Waals surface area contributed by atoms with Gasteiger partial charge >= 0.3 is 0 Å². The molecule has 17 heavy (non-hydrogen) atoms. The molecule has 1 fully saturated rings. The highest BCUT2D eigenvalue weighted by atomic mass is 16.2. The van der Waals surface area contributed by atoms with E-state index in [9.17, 15) is 4.79 Å². The van der Waals surface area contributed by atoms with Gasteiger partial charge in [-0.3, -0.25) is 4.79 Å². The number of nitrogens with zero attached hydrogens (tertiary/aromatic N) is 5. The summed E-state index contributed by atoms with van der Waals surface area (Å²) in [7, 11) is 1.89. The van der Waals surface area contributed by atoms with Crippen molar-refractivity contribution in [3.05, 3.63) is 6.33 Å². The summed E-state index contributed by atoms with van der Waals surface area (Å²) in [5.41, 5.74) is 0. The Morgan fingerprint density at radius 1 is 1.35 bits per heavy atom. The van der Waals surface area contributed by atoms with E-state index in [0.717, 1.165) is 12.8 Å². The van der Waals surface area contributed by atoms with Crippen LogP contribution in [0.4, 0.5) is 0 Å². The molecule has 0 aliphatic heterocycles. The fourth-order valence-corrected chi connectivity index (χ4v) is 2.35. The summed E-state index contributed by atoms with van der Waals surface area (Å²) >= 11 is 0. The summed E-state index contributed by atoms with van der Waals surface area (Å²) < 4.78 is 1.47. The molecule has 1 amide bonds. The molecule has 1 aromatic heterocycles. The molecule has 2 rings (SSSR count). The van der Waals surface area contributed by atoms with Gasteiger partial charge in [0.2, 0.25) is 5.91 Å². The van der Waals surface area contributed by atoms with E-state index in [-0.39, 0.29) is 12.5 Å². The summed E-state index contributed by atoms with van der Waals surface area (Å²) in [6, 6.07) is 0.390. The Morgan fingerprint density at radius 3 is 2.65 bits per heavy atom. The Bertz CT molecular complexity index is 343. The Balaban J connectivity index is 1.89. The van der Waals surface area contributed by atoms with Crippen molar-refractivity contribution < 1.29 is 4.79 Å². The number of amides is 1. The number of carbonyl (C=O) groups excluding carboxylic acids is 1. The van der Waals surface area contributed by atoms with Crippen LogP contribution in [0.1, 0.15) is 38.5 Å². The van der Waals surface area contributed by atoms with Gasteiger partial charge in [0.05, 0.1) is 0 Å². The smallest absolute Gasteiger partial charge is 0.244 e. The zero-order valence-corrected chi connectivity index (χ0v) is 10.2. The van der Waals surface area contributed by atoms with Crippen molar-refractivity contribution in [1.82, 2.24) is 25.1 Å². The minimum atomic E-state index is 0.0872. The van der Waals surface area contributed by atoms with Gasteiger partial charge in [-0.15, -0.1) is 5.10 Å². The minimum absolute atomic E-state index is 0.0872. The third-order valence-electron chi connectivity index (χ3n) is 3.45. The molecule has 0 aromatic carbocycles. The zero-order chi connectivity index (χ0) is 12.1. The van der Waals surface area contributed by atoms with E-state index in [1.165, 1.54) is 36.7 Å². The van der Waals surface area contributed by atoms with Crippen LogP contribution >= 0.6 is 0 Å². The zero-order valence-electron chi connectivity index (χ0n) is 10.2. The van der Waals surface area contributed by atoms with Crippen LogP contribution in [0.5, 0.6) is 0 Å². The van der Waals surface area contributed by atoms with Crippen molar-refractivity contribution >= 4 is 5.91 Å². The van der Waals surface area contributed by atoms with Crippen molar-refractivity contribution in [2.24, 2.45) is 0 Å². The summed E-state index contributed by atoms with van der Waals surface area (Å²) in [6.07, 6.45) is 8.77. The molecular weight excluding hydrogens is 218 g/mol. The molecule has 0 N–H and O–H groups in total. The number of carbonyl (C=O) groups is 1. The third-order valence-corrected chi connectivity index (χ3v) is 3.45. The standard InChI is InChI=1S/C11H19N5O/c1-15(10-6-4-2-3-5-7-10)11(17)8-16-9-12-13-14-16/h9-10H,2-8H2,1H3. The number of likely N-dealkylation sites (N-methyl/N-ethyl adjacent to an activating group) is 1. The Kier molecular flexibility index (Phi) is 4.06. The van der Waals surface area contributed by atoms with E-state index in [0.29, 0.717) is 6.04 Å². The van der Waals surface area contributed by atoms with Crippen LogP contribution in [0.15, 0.2) is 6.33 Å². The molecule has 94 valence electrons. The highest BCUT2D eigenvalue weighted by Crippen LogP contribution is 2.21. The van der Waals surface area contributed by atoms with Gasteiger partial charge < -0.3 is 4.90 Å². The van der Waals surface area contributed by atoms with Crippen molar-refractivity contribution in [3.8, 4) is 0 Å². The van der Waals surface area contributed by atoms with Crippen LogP contribution < -0.4 is 0 Å². The molecule has 1 aliphatic carbocycles. The molecule has 0 saturated heterocycles. The van der Waals surface area contributed by atoms with Crippen molar-refractivity contribution in [2.45, 2.75) is 51.1 Å². The van der Waals surface area contributed by atoms with Gasteiger partial charge in [0.25, 0.3) is 0 Å².